The average Bonchev–Trinajstić information content (AvgIpc) is 3.31. The Morgan fingerprint density at radius 2 is 2.08 bits per heavy atom. The Morgan fingerprint density at radius 3 is 2.85 bits per heavy atom. The molecule has 5 nitrogen and oxygen atoms in total. The lowest BCUT2D eigenvalue weighted by atomic mass is 10.2. The van der Waals surface area contributed by atoms with Crippen LogP contribution in [0.15, 0.2) is 24.3 Å². The molecule has 0 N–H and O–H groups in total. The Kier molecular flexibility index (Phi) is 5.82. The molecule has 0 bridgehead atoms. The van der Waals surface area contributed by atoms with Crippen molar-refractivity contribution in [3.63, 3.8) is 0 Å². The molecule has 1 aromatic carbocycles. The summed E-state index contributed by atoms with van der Waals surface area (Å²) in [6.07, 6.45) is 5.19. The van der Waals surface area contributed by atoms with Crippen LogP contribution >= 0.6 is 11.3 Å². The van der Waals surface area contributed by atoms with Crippen molar-refractivity contribution in [3.8, 4) is 0 Å². The molecule has 2 saturated heterocycles. The molecule has 0 radical (unpaired) electrons. The van der Waals surface area contributed by atoms with E-state index in [0.29, 0.717) is 18.4 Å². The van der Waals surface area contributed by atoms with Crippen molar-refractivity contribution in [2.75, 3.05) is 39.3 Å². The Bertz CT molecular complexity index is 700. The number of aryl methyl sites for hydroxylation is 1. The van der Waals surface area contributed by atoms with Gasteiger partial charge in [0.25, 0.3) is 0 Å². The predicted octanol–water partition coefficient (Wildman–Crippen LogP) is 2.94. The van der Waals surface area contributed by atoms with Gasteiger partial charge < -0.3 is 9.64 Å². The summed E-state index contributed by atoms with van der Waals surface area (Å²) < 4.78 is 6.95. The monoisotopic (exact) mass is 373 g/mol. The van der Waals surface area contributed by atoms with Crippen LogP contribution in [0.3, 0.4) is 0 Å². The normalized spacial score (nSPS) is 21.5. The number of aromatic nitrogens is 1. The number of hydrogen-bond donors (Lipinski definition) is 0. The number of para-hydroxylation sites is 1. The topological polar surface area (TPSA) is 45.7 Å². The maximum atomic E-state index is 12.5. The second-order valence-corrected chi connectivity index (χ2v) is 8.36. The van der Waals surface area contributed by atoms with E-state index in [9.17, 15) is 4.79 Å². The second kappa shape index (κ2) is 8.46. The standard InChI is InChI=1S/C20H27N3O2S/c24-20(9-3-8-19-21-17-6-1-2-7-18(17)26-19)23-12-10-22(11-13-23)15-16-5-4-14-25-16/h1-2,6-7,16H,3-5,8-15H2. The van der Waals surface area contributed by atoms with Crippen molar-refractivity contribution in [3.05, 3.63) is 29.3 Å². The number of ether oxygens (including phenoxy) is 1. The number of amides is 1. The lowest BCUT2D eigenvalue weighted by molar-refractivity contribution is -0.133. The SMILES string of the molecule is O=C(CCCc1nc2ccccc2s1)N1CCN(CC2CCCO2)CC1. The van der Waals surface area contributed by atoms with E-state index in [1.165, 1.54) is 17.5 Å². The molecule has 1 atom stereocenters. The van der Waals surface area contributed by atoms with Crippen LogP contribution in [0.5, 0.6) is 0 Å². The Morgan fingerprint density at radius 1 is 1.23 bits per heavy atom. The van der Waals surface area contributed by atoms with Crippen LogP contribution in [-0.2, 0) is 16.0 Å². The molecule has 26 heavy (non-hydrogen) atoms. The maximum absolute atomic E-state index is 12.5. The molecule has 3 heterocycles. The zero-order valence-corrected chi connectivity index (χ0v) is 16.0. The quantitative estimate of drug-likeness (QED) is 0.781. The molecule has 2 aliphatic heterocycles. The molecule has 2 aromatic rings. The van der Waals surface area contributed by atoms with Crippen molar-refractivity contribution in [2.24, 2.45) is 0 Å². The average molecular weight is 374 g/mol. The smallest absolute Gasteiger partial charge is 0.222 e. The van der Waals surface area contributed by atoms with Gasteiger partial charge >= 0.3 is 0 Å². The fourth-order valence-electron chi connectivity index (χ4n) is 3.83. The van der Waals surface area contributed by atoms with Gasteiger partial charge in [-0.2, -0.15) is 0 Å². The number of fused-ring (bicyclic) bond motifs is 1. The molecule has 140 valence electrons. The number of carbonyl (C=O) groups is 1. The summed E-state index contributed by atoms with van der Waals surface area (Å²) in [5.74, 6) is 0.294. The first-order valence-corrected chi connectivity index (χ1v) is 10.6. The minimum absolute atomic E-state index is 0.294. The number of benzene rings is 1. The van der Waals surface area contributed by atoms with E-state index >= 15 is 0 Å². The lowest BCUT2D eigenvalue weighted by Gasteiger charge is -2.35. The van der Waals surface area contributed by atoms with E-state index in [0.717, 1.165) is 62.7 Å². The van der Waals surface area contributed by atoms with Crippen LogP contribution in [0.4, 0.5) is 0 Å². The summed E-state index contributed by atoms with van der Waals surface area (Å²) in [7, 11) is 0. The second-order valence-electron chi connectivity index (χ2n) is 7.25. The highest BCUT2D eigenvalue weighted by Gasteiger charge is 2.24. The van der Waals surface area contributed by atoms with Crippen LogP contribution in [0.2, 0.25) is 0 Å². The van der Waals surface area contributed by atoms with Gasteiger partial charge in [0.05, 0.1) is 21.3 Å². The van der Waals surface area contributed by atoms with E-state index in [2.05, 4.69) is 22.0 Å². The third kappa shape index (κ3) is 4.42. The molecule has 0 spiro atoms. The molecular formula is C20H27N3O2S. The third-order valence-electron chi connectivity index (χ3n) is 5.33. The molecule has 0 saturated carbocycles. The summed E-state index contributed by atoms with van der Waals surface area (Å²) in [4.78, 5) is 21.6. The largest absolute Gasteiger partial charge is 0.377 e. The van der Waals surface area contributed by atoms with Gasteiger partial charge in [-0.3, -0.25) is 9.69 Å². The number of rotatable bonds is 6. The van der Waals surface area contributed by atoms with Gasteiger partial charge in [-0.05, 0) is 37.8 Å². The summed E-state index contributed by atoms with van der Waals surface area (Å²) in [6.45, 7) is 5.60. The molecule has 1 amide bonds. The minimum atomic E-state index is 0.294. The zero-order valence-electron chi connectivity index (χ0n) is 15.2. The van der Waals surface area contributed by atoms with Crippen LogP contribution in [0, 0.1) is 0 Å². The minimum Gasteiger partial charge on any atom is -0.377 e. The van der Waals surface area contributed by atoms with Crippen LogP contribution in [0.1, 0.15) is 30.7 Å². The highest BCUT2D eigenvalue weighted by molar-refractivity contribution is 7.18. The first kappa shape index (κ1) is 17.9. The number of thiazole rings is 1. The molecule has 1 unspecified atom stereocenters. The van der Waals surface area contributed by atoms with Crippen molar-refractivity contribution >= 4 is 27.5 Å². The summed E-state index contributed by atoms with van der Waals surface area (Å²) in [6, 6.07) is 8.23. The predicted molar refractivity (Wildman–Crippen MR) is 105 cm³/mol. The van der Waals surface area contributed by atoms with Gasteiger partial charge in [-0.25, -0.2) is 4.98 Å². The molecule has 0 aliphatic carbocycles. The first-order chi connectivity index (χ1) is 12.8. The van der Waals surface area contributed by atoms with E-state index in [-0.39, 0.29) is 0 Å². The highest BCUT2D eigenvalue weighted by Crippen LogP contribution is 2.23. The number of carbonyl (C=O) groups excluding carboxylic acids is 1. The summed E-state index contributed by atoms with van der Waals surface area (Å²) >= 11 is 1.75. The van der Waals surface area contributed by atoms with Crippen LogP contribution in [-0.4, -0.2) is 66.1 Å². The summed E-state index contributed by atoms with van der Waals surface area (Å²) in [5, 5.41) is 1.14. The lowest BCUT2D eigenvalue weighted by Crippen LogP contribution is -2.50. The van der Waals surface area contributed by atoms with Gasteiger partial charge in [-0.1, -0.05) is 12.1 Å². The highest BCUT2D eigenvalue weighted by atomic mass is 32.1. The van der Waals surface area contributed by atoms with Gasteiger partial charge in [0.15, 0.2) is 0 Å². The van der Waals surface area contributed by atoms with Crippen LogP contribution in [0.25, 0.3) is 10.2 Å². The molecule has 2 aliphatic rings. The van der Waals surface area contributed by atoms with Gasteiger partial charge in [-0.15, -0.1) is 11.3 Å². The fourth-order valence-corrected chi connectivity index (χ4v) is 4.84. The van der Waals surface area contributed by atoms with Crippen molar-refractivity contribution in [1.82, 2.24) is 14.8 Å². The fraction of sp³-hybridized carbons (Fsp3) is 0.600. The summed E-state index contributed by atoms with van der Waals surface area (Å²) in [5.41, 5.74) is 1.07. The number of nitrogens with zero attached hydrogens (tertiary/aromatic N) is 3. The van der Waals surface area contributed by atoms with Crippen molar-refractivity contribution in [2.45, 2.75) is 38.2 Å². The number of hydrogen-bond acceptors (Lipinski definition) is 5. The van der Waals surface area contributed by atoms with Gasteiger partial charge in [0.2, 0.25) is 5.91 Å². The Hall–Kier alpha value is -1.50. The third-order valence-corrected chi connectivity index (χ3v) is 6.43. The van der Waals surface area contributed by atoms with E-state index in [1.807, 2.05) is 17.0 Å². The molecular weight excluding hydrogens is 346 g/mol. The zero-order chi connectivity index (χ0) is 17.8. The molecule has 6 heteroatoms. The van der Waals surface area contributed by atoms with Gasteiger partial charge in [0.1, 0.15) is 0 Å². The molecule has 4 rings (SSSR count). The number of piperazine rings is 1. The Labute approximate surface area is 159 Å². The van der Waals surface area contributed by atoms with E-state index < -0.39 is 0 Å². The molecule has 2 fully saturated rings. The van der Waals surface area contributed by atoms with Crippen molar-refractivity contribution in [1.29, 1.82) is 0 Å². The Balaban J connectivity index is 1.18. The van der Waals surface area contributed by atoms with Crippen LogP contribution < -0.4 is 0 Å². The maximum Gasteiger partial charge on any atom is 0.222 e. The van der Waals surface area contributed by atoms with Crippen molar-refractivity contribution < 1.29 is 9.53 Å². The van der Waals surface area contributed by atoms with Gasteiger partial charge in [0, 0.05) is 45.8 Å². The molecule has 1 aromatic heterocycles. The van der Waals surface area contributed by atoms with E-state index in [1.54, 1.807) is 11.3 Å². The first-order valence-electron chi connectivity index (χ1n) is 9.74. The van der Waals surface area contributed by atoms with E-state index in [4.69, 9.17) is 4.74 Å².